The van der Waals surface area contributed by atoms with Gasteiger partial charge in [0.25, 0.3) is 0 Å². The standard InChI is InChI=1S/C14H18F2O3/c1-8(2)12(13(17)19-4)14(3,18)9-5-6-10(15)11(16)7-9/h5-8,12,18H,1-4H3. The van der Waals surface area contributed by atoms with Gasteiger partial charge in [0.2, 0.25) is 0 Å². The first kappa shape index (κ1) is 15.6. The van der Waals surface area contributed by atoms with Gasteiger partial charge in [-0.05, 0) is 30.5 Å². The summed E-state index contributed by atoms with van der Waals surface area (Å²) in [5.41, 5.74) is -1.51. The molecule has 0 heterocycles. The molecule has 0 fully saturated rings. The van der Waals surface area contributed by atoms with Gasteiger partial charge in [-0.25, -0.2) is 8.78 Å². The third-order valence-electron chi connectivity index (χ3n) is 3.23. The van der Waals surface area contributed by atoms with E-state index in [1.807, 2.05) is 0 Å². The van der Waals surface area contributed by atoms with Gasteiger partial charge < -0.3 is 9.84 Å². The van der Waals surface area contributed by atoms with Crippen LogP contribution in [0.3, 0.4) is 0 Å². The maximum Gasteiger partial charge on any atom is 0.312 e. The zero-order valence-electron chi connectivity index (χ0n) is 11.4. The molecule has 1 rings (SSSR count). The highest BCUT2D eigenvalue weighted by molar-refractivity contribution is 5.74. The Hall–Kier alpha value is -1.49. The van der Waals surface area contributed by atoms with Crippen molar-refractivity contribution >= 4 is 5.97 Å². The molecule has 0 spiro atoms. The Labute approximate surface area is 111 Å². The number of methoxy groups -OCH3 is 1. The molecule has 1 aromatic carbocycles. The first-order valence-electron chi connectivity index (χ1n) is 5.97. The van der Waals surface area contributed by atoms with E-state index in [-0.39, 0.29) is 11.5 Å². The predicted octanol–water partition coefficient (Wildman–Crippen LogP) is 2.62. The fourth-order valence-corrected chi connectivity index (χ4v) is 2.27. The van der Waals surface area contributed by atoms with Crippen molar-refractivity contribution in [3.8, 4) is 0 Å². The van der Waals surface area contributed by atoms with Crippen LogP contribution in [0.15, 0.2) is 18.2 Å². The SMILES string of the molecule is COC(=O)C(C(C)C)C(C)(O)c1ccc(F)c(F)c1. The Balaban J connectivity index is 3.25. The van der Waals surface area contributed by atoms with Gasteiger partial charge in [0.05, 0.1) is 13.0 Å². The van der Waals surface area contributed by atoms with E-state index in [2.05, 4.69) is 4.74 Å². The number of halogens is 2. The molecule has 2 atom stereocenters. The predicted molar refractivity (Wildman–Crippen MR) is 66.3 cm³/mol. The smallest absolute Gasteiger partial charge is 0.312 e. The number of carbonyl (C=O) groups is 1. The second-order valence-corrected chi connectivity index (χ2v) is 5.02. The van der Waals surface area contributed by atoms with Crippen molar-refractivity contribution in [2.45, 2.75) is 26.4 Å². The second-order valence-electron chi connectivity index (χ2n) is 5.02. The molecule has 0 amide bonds. The number of ether oxygens (including phenoxy) is 1. The van der Waals surface area contributed by atoms with Gasteiger partial charge >= 0.3 is 5.97 Å². The van der Waals surface area contributed by atoms with E-state index in [1.54, 1.807) is 13.8 Å². The average Bonchev–Trinajstić information content (AvgIpc) is 2.31. The van der Waals surface area contributed by atoms with Crippen molar-refractivity contribution in [2.24, 2.45) is 11.8 Å². The summed E-state index contributed by atoms with van der Waals surface area (Å²) >= 11 is 0. The third kappa shape index (κ3) is 3.10. The molecule has 0 aliphatic carbocycles. The zero-order valence-corrected chi connectivity index (χ0v) is 11.4. The second kappa shape index (κ2) is 5.65. The van der Waals surface area contributed by atoms with E-state index in [4.69, 9.17) is 0 Å². The molecule has 106 valence electrons. The minimum atomic E-state index is -1.64. The van der Waals surface area contributed by atoms with Crippen LogP contribution < -0.4 is 0 Å². The fourth-order valence-electron chi connectivity index (χ4n) is 2.27. The Kier molecular flexibility index (Phi) is 4.63. The van der Waals surface area contributed by atoms with Crippen LogP contribution in [0.5, 0.6) is 0 Å². The minimum absolute atomic E-state index is 0.135. The van der Waals surface area contributed by atoms with Crippen LogP contribution in [0.1, 0.15) is 26.3 Å². The van der Waals surface area contributed by atoms with Gasteiger partial charge in [-0.1, -0.05) is 19.9 Å². The number of carbonyl (C=O) groups excluding carboxylic acids is 1. The van der Waals surface area contributed by atoms with Crippen molar-refractivity contribution in [1.29, 1.82) is 0 Å². The highest BCUT2D eigenvalue weighted by atomic mass is 19.2. The van der Waals surface area contributed by atoms with Crippen molar-refractivity contribution in [1.82, 2.24) is 0 Å². The summed E-state index contributed by atoms with van der Waals surface area (Å²) in [6.45, 7) is 4.88. The van der Waals surface area contributed by atoms with E-state index >= 15 is 0 Å². The first-order valence-corrected chi connectivity index (χ1v) is 5.97. The Morgan fingerprint density at radius 3 is 2.32 bits per heavy atom. The number of benzene rings is 1. The van der Waals surface area contributed by atoms with Crippen molar-refractivity contribution in [3.05, 3.63) is 35.4 Å². The van der Waals surface area contributed by atoms with Crippen LogP contribution in [0, 0.1) is 23.5 Å². The van der Waals surface area contributed by atoms with Crippen molar-refractivity contribution in [2.75, 3.05) is 7.11 Å². The molecule has 0 aliphatic rings. The molecule has 19 heavy (non-hydrogen) atoms. The Bertz CT molecular complexity index is 470. The summed E-state index contributed by atoms with van der Waals surface area (Å²) in [5, 5.41) is 10.5. The van der Waals surface area contributed by atoms with Crippen LogP contribution in [0.2, 0.25) is 0 Å². The summed E-state index contributed by atoms with van der Waals surface area (Å²) in [6, 6.07) is 3.08. The van der Waals surface area contributed by atoms with E-state index in [9.17, 15) is 18.7 Å². The quantitative estimate of drug-likeness (QED) is 0.857. The summed E-state index contributed by atoms with van der Waals surface area (Å²) in [6.07, 6.45) is 0. The first-order chi connectivity index (χ1) is 8.71. The van der Waals surface area contributed by atoms with Crippen LogP contribution in [-0.2, 0) is 15.1 Å². The summed E-state index contributed by atoms with van der Waals surface area (Å²) in [5.74, 6) is -3.76. The average molecular weight is 272 g/mol. The molecular weight excluding hydrogens is 254 g/mol. The molecular formula is C14H18F2O3. The molecule has 5 heteroatoms. The summed E-state index contributed by atoms with van der Waals surface area (Å²) in [7, 11) is 1.22. The van der Waals surface area contributed by atoms with Crippen molar-refractivity contribution in [3.63, 3.8) is 0 Å². The highest BCUT2D eigenvalue weighted by Crippen LogP contribution is 2.35. The largest absolute Gasteiger partial charge is 0.469 e. The fraction of sp³-hybridized carbons (Fsp3) is 0.500. The monoisotopic (exact) mass is 272 g/mol. The molecule has 0 radical (unpaired) electrons. The molecule has 0 aromatic heterocycles. The number of aliphatic hydroxyl groups is 1. The molecule has 3 nitrogen and oxygen atoms in total. The third-order valence-corrected chi connectivity index (χ3v) is 3.23. The molecule has 1 N–H and O–H groups in total. The Morgan fingerprint density at radius 2 is 1.89 bits per heavy atom. The lowest BCUT2D eigenvalue weighted by atomic mass is 9.76. The lowest BCUT2D eigenvalue weighted by Gasteiger charge is -2.34. The van der Waals surface area contributed by atoms with Crippen LogP contribution in [-0.4, -0.2) is 18.2 Å². The van der Waals surface area contributed by atoms with Gasteiger partial charge in [-0.15, -0.1) is 0 Å². The van der Waals surface area contributed by atoms with Crippen LogP contribution in [0.25, 0.3) is 0 Å². The van der Waals surface area contributed by atoms with Gasteiger partial charge in [-0.3, -0.25) is 4.79 Å². The highest BCUT2D eigenvalue weighted by Gasteiger charge is 2.42. The summed E-state index contributed by atoms with van der Waals surface area (Å²) in [4.78, 5) is 11.8. The van der Waals surface area contributed by atoms with Crippen LogP contribution >= 0.6 is 0 Å². The van der Waals surface area contributed by atoms with E-state index in [0.717, 1.165) is 12.1 Å². The molecule has 0 aliphatic heterocycles. The zero-order chi connectivity index (χ0) is 14.8. The lowest BCUT2D eigenvalue weighted by Crippen LogP contribution is -2.41. The molecule has 1 aromatic rings. The molecule has 0 bridgehead atoms. The maximum absolute atomic E-state index is 13.3. The number of hydrogen-bond acceptors (Lipinski definition) is 3. The van der Waals surface area contributed by atoms with Gasteiger partial charge in [0.1, 0.15) is 5.60 Å². The van der Waals surface area contributed by atoms with E-state index in [0.29, 0.717) is 0 Å². The Morgan fingerprint density at radius 1 is 1.32 bits per heavy atom. The van der Waals surface area contributed by atoms with E-state index in [1.165, 1.54) is 20.1 Å². The number of hydrogen-bond donors (Lipinski definition) is 1. The normalized spacial score (nSPS) is 16.0. The van der Waals surface area contributed by atoms with Gasteiger partial charge in [0.15, 0.2) is 11.6 Å². The molecule has 0 saturated heterocycles. The lowest BCUT2D eigenvalue weighted by molar-refractivity contribution is -0.159. The number of esters is 1. The van der Waals surface area contributed by atoms with Crippen molar-refractivity contribution < 1.29 is 23.4 Å². The summed E-state index contributed by atoms with van der Waals surface area (Å²) < 4.78 is 30.8. The molecule has 0 saturated carbocycles. The number of rotatable bonds is 4. The minimum Gasteiger partial charge on any atom is -0.469 e. The van der Waals surface area contributed by atoms with E-state index < -0.39 is 29.1 Å². The van der Waals surface area contributed by atoms with Crippen LogP contribution in [0.4, 0.5) is 8.78 Å². The van der Waals surface area contributed by atoms with Gasteiger partial charge in [0, 0.05) is 0 Å². The maximum atomic E-state index is 13.3. The van der Waals surface area contributed by atoms with Gasteiger partial charge in [-0.2, -0.15) is 0 Å². The molecule has 2 unspecified atom stereocenters. The topological polar surface area (TPSA) is 46.5 Å².